The summed E-state index contributed by atoms with van der Waals surface area (Å²) in [6.07, 6.45) is 1.73. The molecule has 1 heterocycles. The number of methoxy groups -OCH3 is 1. The van der Waals surface area contributed by atoms with Crippen LogP contribution in [-0.4, -0.2) is 37.6 Å². The Hall–Kier alpha value is -0.940. The van der Waals surface area contributed by atoms with Gasteiger partial charge in [-0.15, -0.1) is 0 Å². The normalized spacial score (nSPS) is 18.4. The number of benzene rings is 1. The highest BCUT2D eigenvalue weighted by molar-refractivity contribution is 5.22. The zero-order chi connectivity index (χ0) is 13.6. The highest BCUT2D eigenvalue weighted by Gasteiger charge is 2.31. The average Bonchev–Trinajstić information content (AvgIpc) is 2.48. The molecule has 4 nitrogen and oxygen atoms in total. The van der Waals surface area contributed by atoms with Crippen LogP contribution in [0.5, 0.6) is 0 Å². The van der Waals surface area contributed by atoms with Crippen molar-refractivity contribution in [3.63, 3.8) is 0 Å². The van der Waals surface area contributed by atoms with Gasteiger partial charge in [0.15, 0.2) is 0 Å². The van der Waals surface area contributed by atoms with Crippen molar-refractivity contribution >= 4 is 0 Å². The third-order valence-corrected chi connectivity index (χ3v) is 3.75. The van der Waals surface area contributed by atoms with Crippen LogP contribution in [0.2, 0.25) is 0 Å². The molecule has 19 heavy (non-hydrogen) atoms. The fourth-order valence-corrected chi connectivity index (χ4v) is 2.36. The van der Waals surface area contributed by atoms with Crippen LogP contribution in [0.15, 0.2) is 24.3 Å². The predicted molar refractivity (Wildman–Crippen MR) is 73.9 cm³/mol. The number of aliphatic hydroxyl groups is 1. The van der Waals surface area contributed by atoms with E-state index < -0.39 is 0 Å². The third kappa shape index (κ3) is 4.01. The molecule has 0 spiro atoms. The molecule has 2 rings (SSSR count). The molecule has 1 aliphatic heterocycles. The van der Waals surface area contributed by atoms with Crippen molar-refractivity contribution in [3.05, 3.63) is 35.4 Å². The molecule has 0 aromatic heterocycles. The molecular formula is C15H23NO3. The van der Waals surface area contributed by atoms with Gasteiger partial charge in [0.05, 0.1) is 13.2 Å². The van der Waals surface area contributed by atoms with E-state index in [1.54, 1.807) is 7.11 Å². The van der Waals surface area contributed by atoms with Crippen LogP contribution < -0.4 is 5.32 Å². The summed E-state index contributed by atoms with van der Waals surface area (Å²) < 4.78 is 10.4. The summed E-state index contributed by atoms with van der Waals surface area (Å²) >= 11 is 0. The second kappa shape index (κ2) is 7.01. The molecule has 4 heteroatoms. The highest BCUT2D eigenvalue weighted by Crippen LogP contribution is 2.20. The van der Waals surface area contributed by atoms with Gasteiger partial charge in [0.25, 0.3) is 0 Å². The maximum absolute atomic E-state index is 9.60. The van der Waals surface area contributed by atoms with Crippen molar-refractivity contribution in [1.82, 2.24) is 5.32 Å². The molecule has 0 atom stereocenters. The summed E-state index contributed by atoms with van der Waals surface area (Å²) in [5, 5.41) is 13.1. The lowest BCUT2D eigenvalue weighted by atomic mass is 9.90. The summed E-state index contributed by atoms with van der Waals surface area (Å²) in [6.45, 7) is 3.03. The van der Waals surface area contributed by atoms with Gasteiger partial charge in [-0.3, -0.25) is 0 Å². The number of hydrogen-bond acceptors (Lipinski definition) is 4. The second-order valence-electron chi connectivity index (χ2n) is 5.15. The second-order valence-corrected chi connectivity index (χ2v) is 5.15. The van der Waals surface area contributed by atoms with Crippen molar-refractivity contribution in [2.24, 2.45) is 0 Å². The zero-order valence-electron chi connectivity index (χ0n) is 11.5. The molecule has 1 aromatic carbocycles. The lowest BCUT2D eigenvalue weighted by Crippen LogP contribution is -2.51. The Bertz CT molecular complexity index is 371. The maximum Gasteiger partial charge on any atom is 0.0713 e. The van der Waals surface area contributed by atoms with Crippen molar-refractivity contribution < 1.29 is 14.6 Å². The lowest BCUT2D eigenvalue weighted by Gasteiger charge is -2.36. The Balaban J connectivity index is 1.89. The Morgan fingerprint density at radius 3 is 2.42 bits per heavy atom. The van der Waals surface area contributed by atoms with E-state index in [-0.39, 0.29) is 12.1 Å². The summed E-state index contributed by atoms with van der Waals surface area (Å²) in [5.74, 6) is 0. The van der Waals surface area contributed by atoms with Gasteiger partial charge >= 0.3 is 0 Å². The first-order valence-corrected chi connectivity index (χ1v) is 6.78. The summed E-state index contributed by atoms with van der Waals surface area (Å²) in [5.41, 5.74) is 2.22. The van der Waals surface area contributed by atoms with Crippen LogP contribution in [0.25, 0.3) is 0 Å². The minimum Gasteiger partial charge on any atom is -0.394 e. The minimum atomic E-state index is -0.177. The molecule has 0 saturated carbocycles. The number of nitrogens with one attached hydrogen (secondary N) is 1. The number of rotatable bonds is 6. The highest BCUT2D eigenvalue weighted by atomic mass is 16.5. The molecular weight excluding hydrogens is 242 g/mol. The summed E-state index contributed by atoms with van der Waals surface area (Å²) in [7, 11) is 1.70. The molecule has 0 bridgehead atoms. The van der Waals surface area contributed by atoms with E-state index in [4.69, 9.17) is 9.47 Å². The van der Waals surface area contributed by atoms with Crippen molar-refractivity contribution in [2.75, 3.05) is 26.9 Å². The Labute approximate surface area is 114 Å². The van der Waals surface area contributed by atoms with E-state index >= 15 is 0 Å². The maximum atomic E-state index is 9.60. The number of aliphatic hydroxyl groups excluding tert-OH is 1. The van der Waals surface area contributed by atoms with E-state index in [9.17, 15) is 5.11 Å². The first-order chi connectivity index (χ1) is 9.28. The minimum absolute atomic E-state index is 0.165. The van der Waals surface area contributed by atoms with Gasteiger partial charge in [-0.25, -0.2) is 0 Å². The largest absolute Gasteiger partial charge is 0.394 e. The number of ether oxygens (including phenoxy) is 2. The van der Waals surface area contributed by atoms with Gasteiger partial charge in [0.2, 0.25) is 0 Å². The average molecular weight is 265 g/mol. The molecule has 1 aliphatic rings. The molecule has 0 unspecified atom stereocenters. The fourth-order valence-electron chi connectivity index (χ4n) is 2.36. The van der Waals surface area contributed by atoms with Gasteiger partial charge < -0.3 is 19.9 Å². The SMILES string of the molecule is COCc1ccc(CNC2(CO)CCOCC2)cc1. The summed E-state index contributed by atoms with van der Waals surface area (Å²) in [6, 6.07) is 8.36. The zero-order valence-corrected chi connectivity index (χ0v) is 11.5. The van der Waals surface area contributed by atoms with Gasteiger partial charge in [-0.2, -0.15) is 0 Å². The molecule has 1 aromatic rings. The Morgan fingerprint density at radius 2 is 1.84 bits per heavy atom. The third-order valence-electron chi connectivity index (χ3n) is 3.75. The quantitative estimate of drug-likeness (QED) is 0.817. The Morgan fingerprint density at radius 1 is 1.21 bits per heavy atom. The van der Waals surface area contributed by atoms with Gasteiger partial charge in [-0.05, 0) is 24.0 Å². The topological polar surface area (TPSA) is 50.7 Å². The van der Waals surface area contributed by atoms with E-state index in [0.717, 1.165) is 32.6 Å². The molecule has 106 valence electrons. The lowest BCUT2D eigenvalue weighted by molar-refractivity contribution is 0.0112. The molecule has 0 aliphatic carbocycles. The molecule has 1 saturated heterocycles. The van der Waals surface area contributed by atoms with Crippen LogP contribution >= 0.6 is 0 Å². The molecule has 0 radical (unpaired) electrons. The standard InChI is InChI=1S/C15H23NO3/c1-18-11-14-4-2-13(3-5-14)10-16-15(12-17)6-8-19-9-7-15/h2-5,16-17H,6-12H2,1H3. The van der Waals surface area contributed by atoms with Crippen LogP contribution in [0.1, 0.15) is 24.0 Å². The first kappa shape index (κ1) is 14.5. The van der Waals surface area contributed by atoms with Gasteiger partial charge in [0.1, 0.15) is 0 Å². The van der Waals surface area contributed by atoms with Crippen LogP contribution in [-0.2, 0) is 22.6 Å². The van der Waals surface area contributed by atoms with Crippen molar-refractivity contribution in [3.8, 4) is 0 Å². The van der Waals surface area contributed by atoms with Crippen LogP contribution in [0.3, 0.4) is 0 Å². The molecule has 1 fully saturated rings. The van der Waals surface area contributed by atoms with E-state index in [2.05, 4.69) is 29.6 Å². The van der Waals surface area contributed by atoms with Crippen LogP contribution in [0.4, 0.5) is 0 Å². The van der Waals surface area contributed by atoms with E-state index in [0.29, 0.717) is 6.61 Å². The van der Waals surface area contributed by atoms with Crippen LogP contribution in [0, 0.1) is 0 Å². The fraction of sp³-hybridized carbons (Fsp3) is 0.600. The van der Waals surface area contributed by atoms with Gasteiger partial charge in [0, 0.05) is 32.4 Å². The van der Waals surface area contributed by atoms with Crippen molar-refractivity contribution in [1.29, 1.82) is 0 Å². The smallest absolute Gasteiger partial charge is 0.0713 e. The molecule has 0 amide bonds. The van der Waals surface area contributed by atoms with Gasteiger partial charge in [-0.1, -0.05) is 24.3 Å². The monoisotopic (exact) mass is 265 g/mol. The predicted octanol–water partition coefficient (Wildman–Crippen LogP) is 1.46. The number of hydrogen-bond donors (Lipinski definition) is 2. The molecule has 2 N–H and O–H groups in total. The summed E-state index contributed by atoms with van der Waals surface area (Å²) in [4.78, 5) is 0. The Kier molecular flexibility index (Phi) is 5.34. The first-order valence-electron chi connectivity index (χ1n) is 6.78. The van der Waals surface area contributed by atoms with E-state index in [1.165, 1.54) is 11.1 Å². The van der Waals surface area contributed by atoms with Crippen molar-refractivity contribution in [2.45, 2.75) is 31.5 Å². The van der Waals surface area contributed by atoms with E-state index in [1.807, 2.05) is 0 Å².